The molecule has 138 valence electrons. The number of rotatable bonds is 5. The average Bonchev–Trinajstić information content (AvgIpc) is 3.03. The van der Waals surface area contributed by atoms with Crippen LogP contribution in [0.15, 0.2) is 24.3 Å². The first-order valence-corrected chi connectivity index (χ1v) is 8.72. The highest BCUT2D eigenvalue weighted by Crippen LogP contribution is 2.22. The van der Waals surface area contributed by atoms with Gasteiger partial charge < -0.3 is 16.0 Å². The molecule has 8 nitrogen and oxygen atoms in total. The van der Waals surface area contributed by atoms with Gasteiger partial charge in [-0.05, 0) is 37.9 Å². The molecule has 2 heterocycles. The largest absolute Gasteiger partial charge is 0.368 e. The number of aromatic nitrogens is 3. The highest BCUT2D eigenvalue weighted by atomic mass is 16.2. The number of nitrogen functional groups attached to an aromatic ring is 1. The van der Waals surface area contributed by atoms with Crippen molar-refractivity contribution < 1.29 is 4.79 Å². The fourth-order valence-corrected chi connectivity index (χ4v) is 3.17. The second kappa shape index (κ2) is 7.65. The Bertz CT molecular complexity index is 793. The maximum atomic E-state index is 12.4. The number of carbonyl (C=O) groups is 1. The Morgan fingerprint density at radius 2 is 2.08 bits per heavy atom. The number of aryl methyl sites for hydroxylation is 1. The lowest BCUT2D eigenvalue weighted by Gasteiger charge is -2.25. The van der Waals surface area contributed by atoms with Gasteiger partial charge in [0.25, 0.3) is 0 Å². The molecule has 0 aliphatic carbocycles. The summed E-state index contributed by atoms with van der Waals surface area (Å²) in [6.07, 6.45) is 1.84. The summed E-state index contributed by atoms with van der Waals surface area (Å²) in [5, 5.41) is 3.19. The molecule has 0 bridgehead atoms. The number of hydrogen-bond acceptors (Lipinski definition) is 7. The summed E-state index contributed by atoms with van der Waals surface area (Å²) < 4.78 is 0. The second-order valence-electron chi connectivity index (χ2n) is 6.73. The van der Waals surface area contributed by atoms with Crippen molar-refractivity contribution in [1.29, 1.82) is 0 Å². The minimum absolute atomic E-state index is 0.114. The van der Waals surface area contributed by atoms with Gasteiger partial charge in [0.15, 0.2) is 0 Å². The normalized spacial score (nSPS) is 17.3. The molecule has 0 radical (unpaired) electrons. The van der Waals surface area contributed by atoms with Gasteiger partial charge in [-0.15, -0.1) is 0 Å². The van der Waals surface area contributed by atoms with Crippen molar-refractivity contribution in [3.63, 3.8) is 0 Å². The quantitative estimate of drug-likeness (QED) is 0.839. The predicted molar refractivity (Wildman–Crippen MR) is 101 cm³/mol. The molecule has 8 heteroatoms. The summed E-state index contributed by atoms with van der Waals surface area (Å²) >= 11 is 0. The summed E-state index contributed by atoms with van der Waals surface area (Å²) in [5.74, 6) is 1.26. The lowest BCUT2D eigenvalue weighted by Crippen LogP contribution is -2.42. The molecule has 3 N–H and O–H groups in total. The van der Waals surface area contributed by atoms with Gasteiger partial charge in [-0.3, -0.25) is 9.69 Å². The van der Waals surface area contributed by atoms with Crippen LogP contribution in [-0.2, 0) is 11.3 Å². The van der Waals surface area contributed by atoms with Crippen molar-refractivity contribution in [3.05, 3.63) is 35.7 Å². The van der Waals surface area contributed by atoms with Crippen LogP contribution in [0, 0.1) is 6.92 Å². The SMILES string of the molecule is Cc1ccccc1Nc1nc(N)nc(CN2CCCC2C(=O)N(C)C)n1. The van der Waals surface area contributed by atoms with E-state index in [0.29, 0.717) is 18.3 Å². The molecule has 3 rings (SSSR count). The van der Waals surface area contributed by atoms with Crippen molar-refractivity contribution >= 4 is 23.5 Å². The molecule has 26 heavy (non-hydrogen) atoms. The standard InChI is InChI=1S/C18H25N7O/c1-12-7-4-5-8-13(12)20-18-22-15(21-17(19)23-18)11-25-10-6-9-14(25)16(26)24(2)3/h4-5,7-8,14H,6,9-11H2,1-3H3,(H3,19,20,21,22,23). The topological polar surface area (TPSA) is 100 Å². The Hall–Kier alpha value is -2.74. The van der Waals surface area contributed by atoms with Crippen LogP contribution in [0.3, 0.4) is 0 Å². The summed E-state index contributed by atoms with van der Waals surface area (Å²) in [5.41, 5.74) is 7.88. The Balaban J connectivity index is 1.77. The lowest BCUT2D eigenvalue weighted by molar-refractivity contribution is -0.133. The Morgan fingerprint density at radius 3 is 2.81 bits per heavy atom. The maximum absolute atomic E-state index is 12.4. The van der Waals surface area contributed by atoms with Crippen LogP contribution in [0.25, 0.3) is 0 Å². The fraction of sp³-hybridized carbons (Fsp3) is 0.444. The molecule has 1 aliphatic heterocycles. The zero-order valence-electron chi connectivity index (χ0n) is 15.4. The number of amides is 1. The van der Waals surface area contributed by atoms with E-state index in [1.807, 2.05) is 31.2 Å². The van der Waals surface area contributed by atoms with Gasteiger partial charge >= 0.3 is 0 Å². The minimum Gasteiger partial charge on any atom is -0.368 e. The van der Waals surface area contributed by atoms with Gasteiger partial charge in [-0.25, -0.2) is 0 Å². The van der Waals surface area contributed by atoms with Crippen molar-refractivity contribution in [1.82, 2.24) is 24.8 Å². The van der Waals surface area contributed by atoms with Crippen LogP contribution in [0.1, 0.15) is 24.2 Å². The van der Waals surface area contributed by atoms with E-state index < -0.39 is 0 Å². The molecular weight excluding hydrogens is 330 g/mol. The molecule has 2 aromatic rings. The molecule has 1 aliphatic rings. The molecule has 1 fully saturated rings. The molecule has 1 amide bonds. The Morgan fingerprint density at radius 1 is 1.31 bits per heavy atom. The van der Waals surface area contributed by atoms with Crippen molar-refractivity contribution in [2.45, 2.75) is 32.4 Å². The van der Waals surface area contributed by atoms with Gasteiger partial charge in [0.2, 0.25) is 17.8 Å². The molecule has 1 aromatic carbocycles. The summed E-state index contributed by atoms with van der Waals surface area (Å²) in [6.45, 7) is 3.32. The first kappa shape index (κ1) is 18.1. The number of anilines is 3. The van der Waals surface area contributed by atoms with Crippen LogP contribution in [0.2, 0.25) is 0 Å². The van der Waals surface area contributed by atoms with Crippen LogP contribution >= 0.6 is 0 Å². The monoisotopic (exact) mass is 355 g/mol. The molecular formula is C18H25N7O. The number of nitrogens with one attached hydrogen (secondary N) is 1. The van der Waals surface area contributed by atoms with E-state index in [2.05, 4.69) is 25.2 Å². The van der Waals surface area contributed by atoms with Gasteiger partial charge in [0.05, 0.1) is 12.6 Å². The number of carbonyl (C=O) groups excluding carboxylic acids is 1. The number of hydrogen-bond donors (Lipinski definition) is 2. The highest BCUT2D eigenvalue weighted by Gasteiger charge is 2.32. The molecule has 0 saturated carbocycles. The Kier molecular flexibility index (Phi) is 5.32. The molecule has 0 spiro atoms. The van der Waals surface area contributed by atoms with Gasteiger partial charge in [0.1, 0.15) is 5.82 Å². The Labute approximate surface area is 153 Å². The van der Waals surface area contributed by atoms with Crippen LogP contribution in [0.4, 0.5) is 17.6 Å². The summed E-state index contributed by atoms with van der Waals surface area (Å²) in [4.78, 5) is 29.0. The van der Waals surface area contributed by atoms with E-state index >= 15 is 0 Å². The number of para-hydroxylation sites is 1. The highest BCUT2D eigenvalue weighted by molar-refractivity contribution is 5.81. The maximum Gasteiger partial charge on any atom is 0.239 e. The van der Waals surface area contributed by atoms with Crippen LogP contribution in [-0.4, -0.2) is 57.3 Å². The smallest absolute Gasteiger partial charge is 0.239 e. The molecule has 1 saturated heterocycles. The van der Waals surface area contributed by atoms with E-state index in [1.165, 1.54) is 0 Å². The first-order valence-electron chi connectivity index (χ1n) is 8.72. The van der Waals surface area contributed by atoms with Crippen molar-refractivity contribution in [2.24, 2.45) is 0 Å². The van der Waals surface area contributed by atoms with E-state index in [-0.39, 0.29) is 17.9 Å². The minimum atomic E-state index is -0.129. The third-order valence-electron chi connectivity index (χ3n) is 4.52. The fourth-order valence-electron chi connectivity index (χ4n) is 3.17. The number of likely N-dealkylation sites (N-methyl/N-ethyl adjacent to an activating group) is 1. The average molecular weight is 355 g/mol. The molecule has 1 atom stereocenters. The second-order valence-corrected chi connectivity index (χ2v) is 6.73. The van der Waals surface area contributed by atoms with Crippen molar-refractivity contribution in [3.8, 4) is 0 Å². The number of likely N-dealkylation sites (tertiary alicyclic amines) is 1. The van der Waals surface area contributed by atoms with Gasteiger partial charge in [-0.2, -0.15) is 15.0 Å². The van der Waals surface area contributed by atoms with Crippen LogP contribution < -0.4 is 11.1 Å². The van der Waals surface area contributed by atoms with Gasteiger partial charge in [0, 0.05) is 19.8 Å². The van der Waals surface area contributed by atoms with E-state index in [9.17, 15) is 4.79 Å². The predicted octanol–water partition coefficient (Wildman–Crippen LogP) is 1.56. The summed E-state index contributed by atoms with van der Waals surface area (Å²) in [6, 6.07) is 7.76. The van der Waals surface area contributed by atoms with E-state index in [1.54, 1.807) is 19.0 Å². The summed E-state index contributed by atoms with van der Waals surface area (Å²) in [7, 11) is 3.56. The first-order chi connectivity index (χ1) is 12.4. The zero-order chi connectivity index (χ0) is 18.7. The number of nitrogens with zero attached hydrogens (tertiary/aromatic N) is 5. The van der Waals surface area contributed by atoms with E-state index in [4.69, 9.17) is 5.73 Å². The molecule has 1 aromatic heterocycles. The zero-order valence-corrected chi connectivity index (χ0v) is 15.4. The number of benzene rings is 1. The number of nitrogens with two attached hydrogens (primary N) is 1. The third kappa shape index (κ3) is 4.08. The third-order valence-corrected chi connectivity index (χ3v) is 4.52. The van der Waals surface area contributed by atoms with Crippen molar-refractivity contribution in [2.75, 3.05) is 31.7 Å². The lowest BCUT2D eigenvalue weighted by atomic mass is 10.2. The van der Waals surface area contributed by atoms with Gasteiger partial charge in [-0.1, -0.05) is 18.2 Å². The molecule has 1 unspecified atom stereocenters. The van der Waals surface area contributed by atoms with Crippen LogP contribution in [0.5, 0.6) is 0 Å². The van der Waals surface area contributed by atoms with E-state index in [0.717, 1.165) is 30.6 Å².